The number of hydrogen-bond acceptors (Lipinski definition) is 2. The van der Waals surface area contributed by atoms with Crippen LogP contribution in [0.2, 0.25) is 0 Å². The van der Waals surface area contributed by atoms with Gasteiger partial charge in [0.1, 0.15) is 0 Å². The fourth-order valence-electron chi connectivity index (χ4n) is 1.80. The van der Waals surface area contributed by atoms with Gasteiger partial charge in [0.25, 0.3) is 0 Å². The van der Waals surface area contributed by atoms with Crippen LogP contribution < -0.4 is 56.5 Å². The second-order valence-corrected chi connectivity index (χ2v) is 7.66. The summed E-state index contributed by atoms with van der Waals surface area (Å²) in [6.45, 7) is 17.9. The third-order valence-corrected chi connectivity index (χ3v) is 2.86. The molecular weight excluding hydrogens is 237 g/mol. The molecule has 0 N–H and O–H groups in total. The van der Waals surface area contributed by atoms with E-state index in [9.17, 15) is 5.11 Å². The number of nitrogens with zero attached hydrogens (tertiary/aromatic N) is 1. The van der Waals surface area contributed by atoms with Crippen LogP contribution in [-0.2, 0) is 0 Å². The van der Waals surface area contributed by atoms with Crippen LogP contribution in [0, 0.1) is 10.8 Å². The van der Waals surface area contributed by atoms with Crippen molar-refractivity contribution in [1.29, 1.82) is 0 Å². The third kappa shape index (κ3) is 5.83. The molecule has 2 nitrogen and oxygen atoms in total. The molecule has 0 saturated carbocycles. The van der Waals surface area contributed by atoms with Crippen LogP contribution in [0.5, 0.6) is 0 Å². The topological polar surface area (TPSA) is 35.4 Å². The van der Waals surface area contributed by atoms with E-state index >= 15 is 0 Å². The van der Waals surface area contributed by atoms with E-state index in [1.165, 1.54) is 0 Å². The van der Waals surface area contributed by atoms with Crippen molar-refractivity contribution in [1.82, 2.24) is 0 Å². The van der Waals surface area contributed by atoms with Gasteiger partial charge in [-0.05, 0) is 37.8 Å². The van der Waals surface area contributed by atoms with Gasteiger partial charge < -0.3 is 5.11 Å². The molecule has 0 radical (unpaired) electrons. The Labute approximate surface area is 150 Å². The van der Waals surface area contributed by atoms with Crippen molar-refractivity contribution in [3.05, 3.63) is 0 Å². The van der Waals surface area contributed by atoms with Gasteiger partial charge >= 0.3 is 51.4 Å². The Hall–Kier alpha value is 1.27. The Bertz CT molecular complexity index is 249. The van der Waals surface area contributed by atoms with Crippen molar-refractivity contribution in [2.45, 2.75) is 73.5 Å². The molecule has 0 heterocycles. The molecule has 0 fully saturated rings. The van der Waals surface area contributed by atoms with E-state index in [-0.39, 0.29) is 67.8 Å². The zero-order chi connectivity index (χ0) is 13.4. The van der Waals surface area contributed by atoms with Crippen LogP contribution in [0.15, 0.2) is 4.99 Å². The van der Waals surface area contributed by atoms with Gasteiger partial charge in [-0.1, -0.05) is 47.1 Å². The van der Waals surface area contributed by atoms with E-state index in [2.05, 4.69) is 4.99 Å². The summed E-state index contributed by atoms with van der Waals surface area (Å²) in [5, 5.41) is 13.0. The van der Waals surface area contributed by atoms with Crippen LogP contribution in [0.1, 0.15) is 62.3 Å². The number of aliphatic imine (C=N–C) groups is 1. The molecule has 0 saturated heterocycles. The average molecular weight is 265 g/mol. The molecule has 0 unspecified atom stereocenters. The second kappa shape index (κ2) is 6.15. The molecule has 0 aromatic carbocycles. The average Bonchev–Trinajstić information content (AvgIpc) is 1.93. The first-order valence-corrected chi connectivity index (χ1v) is 5.97. The summed E-state index contributed by atoms with van der Waals surface area (Å²) in [4.78, 5) is 4.42. The minimum Gasteiger partial charge on any atom is -0.845 e. The SMILES string of the molecule is CC(C)(C)/N=C/C([O-])(C(C)(C)C)C(C)(C)C.[K+]. The van der Waals surface area contributed by atoms with Crippen molar-refractivity contribution in [2.75, 3.05) is 0 Å². The van der Waals surface area contributed by atoms with Crippen LogP contribution in [0.4, 0.5) is 0 Å². The number of hydrogen-bond donors (Lipinski definition) is 0. The molecule has 0 amide bonds. The molecule has 96 valence electrons. The molecule has 0 rings (SSSR count). The Morgan fingerprint density at radius 2 is 1.06 bits per heavy atom. The molecule has 0 bridgehead atoms. The molecule has 0 aliphatic heterocycles. The van der Waals surface area contributed by atoms with Crippen LogP contribution in [0.25, 0.3) is 0 Å². The molecule has 0 aliphatic rings. The maximum absolute atomic E-state index is 13.0. The summed E-state index contributed by atoms with van der Waals surface area (Å²) in [5.41, 5.74) is -2.04. The molecule has 0 aromatic rings. The van der Waals surface area contributed by atoms with Gasteiger partial charge in [0.2, 0.25) is 0 Å². The van der Waals surface area contributed by atoms with E-state index in [1.807, 2.05) is 62.3 Å². The van der Waals surface area contributed by atoms with Gasteiger partial charge in [-0.15, -0.1) is 0 Å². The van der Waals surface area contributed by atoms with Gasteiger partial charge in [-0.2, -0.15) is 0 Å². The van der Waals surface area contributed by atoms with Crippen molar-refractivity contribution < 1.29 is 56.5 Å². The first-order valence-electron chi connectivity index (χ1n) is 5.97. The van der Waals surface area contributed by atoms with Gasteiger partial charge in [-0.25, -0.2) is 0 Å². The van der Waals surface area contributed by atoms with Gasteiger partial charge in [-0.3, -0.25) is 4.99 Å². The maximum atomic E-state index is 13.0. The van der Waals surface area contributed by atoms with Crippen molar-refractivity contribution in [3.8, 4) is 0 Å². The van der Waals surface area contributed by atoms with Gasteiger partial charge in [0.05, 0.1) is 5.54 Å². The Balaban J connectivity index is 0. The molecule has 0 spiro atoms. The van der Waals surface area contributed by atoms with Crippen LogP contribution in [-0.4, -0.2) is 17.4 Å². The van der Waals surface area contributed by atoms with E-state index in [4.69, 9.17) is 0 Å². The maximum Gasteiger partial charge on any atom is 1.00 e. The van der Waals surface area contributed by atoms with Crippen molar-refractivity contribution in [2.24, 2.45) is 15.8 Å². The first kappa shape index (κ1) is 20.6. The summed E-state index contributed by atoms with van der Waals surface area (Å²) >= 11 is 0. The summed E-state index contributed by atoms with van der Waals surface area (Å²) in [6.07, 6.45) is 1.63. The molecular formula is C14H28KNO. The summed E-state index contributed by atoms with van der Waals surface area (Å²) in [5.74, 6) is 0. The Morgan fingerprint density at radius 1 is 0.765 bits per heavy atom. The minimum absolute atomic E-state index is 0. The normalized spacial score (nSPS) is 14.9. The molecule has 0 atom stereocenters. The van der Waals surface area contributed by atoms with E-state index in [1.54, 1.807) is 6.21 Å². The third-order valence-electron chi connectivity index (χ3n) is 2.86. The van der Waals surface area contributed by atoms with Crippen molar-refractivity contribution in [3.63, 3.8) is 0 Å². The summed E-state index contributed by atoms with van der Waals surface area (Å²) in [6, 6.07) is 0. The molecule has 0 aromatic heterocycles. The van der Waals surface area contributed by atoms with E-state index in [0.717, 1.165) is 0 Å². The predicted octanol–water partition coefficient (Wildman–Crippen LogP) is 0.0510. The zero-order valence-corrected chi connectivity index (χ0v) is 16.6. The summed E-state index contributed by atoms with van der Waals surface area (Å²) in [7, 11) is 0. The molecule has 3 heteroatoms. The number of rotatable bonds is 1. The van der Waals surface area contributed by atoms with Crippen molar-refractivity contribution >= 4 is 6.21 Å². The Morgan fingerprint density at radius 3 is 1.24 bits per heavy atom. The smallest absolute Gasteiger partial charge is 0.845 e. The van der Waals surface area contributed by atoms with Crippen LogP contribution in [0.3, 0.4) is 0 Å². The fraction of sp³-hybridized carbons (Fsp3) is 0.929. The zero-order valence-electron chi connectivity index (χ0n) is 13.4. The van der Waals surface area contributed by atoms with Gasteiger partial charge in [0.15, 0.2) is 0 Å². The first-order chi connectivity index (χ1) is 6.71. The Kier molecular flexibility index (Phi) is 7.44. The van der Waals surface area contributed by atoms with E-state index < -0.39 is 5.60 Å². The quantitative estimate of drug-likeness (QED) is 0.487. The van der Waals surface area contributed by atoms with Crippen LogP contribution >= 0.6 is 0 Å². The minimum atomic E-state index is -1.16. The fourth-order valence-corrected chi connectivity index (χ4v) is 1.80. The molecule has 0 aliphatic carbocycles. The summed E-state index contributed by atoms with van der Waals surface area (Å²) < 4.78 is 0. The second-order valence-electron chi connectivity index (χ2n) is 7.66. The van der Waals surface area contributed by atoms with Gasteiger partial charge in [0, 0.05) is 0 Å². The monoisotopic (exact) mass is 265 g/mol. The molecule has 17 heavy (non-hydrogen) atoms. The predicted molar refractivity (Wildman–Crippen MR) is 69.9 cm³/mol. The van der Waals surface area contributed by atoms with E-state index in [0.29, 0.717) is 0 Å². The largest absolute Gasteiger partial charge is 1.00 e. The standard InChI is InChI=1S/C14H28NO.K/c1-11(2,3)14(16,12(4,5)6)10-15-13(7,8)9;/h10H,1-9H3;/q-1;+1/b15-10+;.